The average molecular weight is 279 g/mol. The SMILES string of the molecule is CCNc1nc(C2(OC)CCOCC2)nc(CC)c1C. The van der Waals surface area contributed by atoms with E-state index in [1.54, 1.807) is 7.11 Å². The number of hydrogen-bond acceptors (Lipinski definition) is 5. The van der Waals surface area contributed by atoms with Gasteiger partial charge in [0.15, 0.2) is 5.82 Å². The predicted octanol–water partition coefficient (Wildman–Crippen LogP) is 2.43. The Morgan fingerprint density at radius 3 is 2.50 bits per heavy atom. The molecule has 0 amide bonds. The van der Waals surface area contributed by atoms with Crippen LogP contribution in [-0.2, 0) is 21.5 Å². The van der Waals surface area contributed by atoms with Crippen LogP contribution in [0.4, 0.5) is 5.82 Å². The van der Waals surface area contributed by atoms with Gasteiger partial charge in [-0.1, -0.05) is 6.92 Å². The first-order valence-corrected chi connectivity index (χ1v) is 7.41. The van der Waals surface area contributed by atoms with E-state index in [0.29, 0.717) is 13.2 Å². The minimum absolute atomic E-state index is 0.403. The molecule has 0 spiro atoms. The van der Waals surface area contributed by atoms with Crippen molar-refractivity contribution in [3.8, 4) is 0 Å². The number of nitrogens with zero attached hydrogens (tertiary/aromatic N) is 2. The molecular formula is C15H25N3O2. The summed E-state index contributed by atoms with van der Waals surface area (Å²) in [4.78, 5) is 9.50. The highest BCUT2D eigenvalue weighted by molar-refractivity contribution is 5.46. The zero-order chi connectivity index (χ0) is 14.6. The van der Waals surface area contributed by atoms with E-state index in [2.05, 4.69) is 26.1 Å². The van der Waals surface area contributed by atoms with Crippen molar-refractivity contribution in [1.82, 2.24) is 9.97 Å². The van der Waals surface area contributed by atoms with Gasteiger partial charge in [0.25, 0.3) is 0 Å². The molecule has 0 bridgehead atoms. The Morgan fingerprint density at radius 1 is 1.25 bits per heavy atom. The smallest absolute Gasteiger partial charge is 0.163 e. The first-order chi connectivity index (χ1) is 9.66. The lowest BCUT2D eigenvalue weighted by Gasteiger charge is -2.35. The van der Waals surface area contributed by atoms with E-state index >= 15 is 0 Å². The lowest BCUT2D eigenvalue weighted by atomic mass is 9.92. The third-order valence-corrected chi connectivity index (χ3v) is 4.02. The molecule has 2 rings (SSSR count). The molecule has 0 radical (unpaired) electrons. The standard InChI is InChI=1S/C15H25N3O2/c1-5-12-11(3)13(16-6-2)18-14(17-12)15(19-4)7-9-20-10-8-15/h5-10H2,1-4H3,(H,16,17,18). The van der Waals surface area contributed by atoms with Gasteiger partial charge in [0.1, 0.15) is 11.4 Å². The van der Waals surface area contributed by atoms with Gasteiger partial charge >= 0.3 is 0 Å². The van der Waals surface area contributed by atoms with Crippen LogP contribution in [0.15, 0.2) is 0 Å². The van der Waals surface area contributed by atoms with E-state index < -0.39 is 5.60 Å². The number of nitrogens with one attached hydrogen (secondary N) is 1. The predicted molar refractivity (Wildman–Crippen MR) is 79.1 cm³/mol. The molecule has 5 nitrogen and oxygen atoms in total. The van der Waals surface area contributed by atoms with Gasteiger partial charge in [0.2, 0.25) is 0 Å². The third kappa shape index (κ3) is 2.79. The molecule has 1 aliphatic rings. The van der Waals surface area contributed by atoms with E-state index in [4.69, 9.17) is 19.4 Å². The zero-order valence-corrected chi connectivity index (χ0v) is 13.0. The van der Waals surface area contributed by atoms with Crippen molar-refractivity contribution in [1.29, 1.82) is 0 Å². The number of hydrogen-bond donors (Lipinski definition) is 1. The van der Waals surface area contributed by atoms with Gasteiger partial charge in [0.05, 0.1) is 0 Å². The fraction of sp³-hybridized carbons (Fsp3) is 0.733. The summed E-state index contributed by atoms with van der Waals surface area (Å²) in [6.45, 7) is 8.52. The highest BCUT2D eigenvalue weighted by Gasteiger charge is 2.38. The van der Waals surface area contributed by atoms with Crippen molar-refractivity contribution in [2.24, 2.45) is 0 Å². The summed E-state index contributed by atoms with van der Waals surface area (Å²) in [5, 5.41) is 3.33. The minimum Gasteiger partial charge on any atom is -0.381 e. The van der Waals surface area contributed by atoms with E-state index in [-0.39, 0.29) is 0 Å². The number of rotatable bonds is 5. The molecule has 2 heterocycles. The maximum absolute atomic E-state index is 5.80. The van der Waals surface area contributed by atoms with Gasteiger partial charge in [-0.2, -0.15) is 0 Å². The second-order valence-electron chi connectivity index (χ2n) is 5.16. The summed E-state index contributed by atoms with van der Waals surface area (Å²) in [5.74, 6) is 1.72. The monoisotopic (exact) mass is 279 g/mol. The van der Waals surface area contributed by atoms with Crippen LogP contribution in [0.2, 0.25) is 0 Å². The molecule has 1 aliphatic heterocycles. The normalized spacial score (nSPS) is 18.0. The molecule has 0 saturated carbocycles. The maximum atomic E-state index is 5.80. The molecule has 1 aromatic heterocycles. The molecule has 0 atom stereocenters. The molecule has 0 unspecified atom stereocenters. The van der Waals surface area contributed by atoms with Crippen molar-refractivity contribution < 1.29 is 9.47 Å². The topological polar surface area (TPSA) is 56.3 Å². The van der Waals surface area contributed by atoms with Gasteiger partial charge in [0, 0.05) is 51.0 Å². The second kappa shape index (κ2) is 6.50. The Hall–Kier alpha value is -1.20. The molecule has 0 aromatic carbocycles. The summed E-state index contributed by atoms with van der Waals surface area (Å²) >= 11 is 0. The van der Waals surface area contributed by atoms with Gasteiger partial charge in [-0.3, -0.25) is 0 Å². The summed E-state index contributed by atoms with van der Waals surface area (Å²) in [7, 11) is 1.74. The van der Waals surface area contributed by atoms with E-state index in [0.717, 1.165) is 48.7 Å². The highest BCUT2D eigenvalue weighted by atomic mass is 16.5. The summed E-state index contributed by atoms with van der Waals surface area (Å²) in [6, 6.07) is 0. The van der Waals surface area contributed by atoms with Crippen LogP contribution in [0, 0.1) is 6.92 Å². The van der Waals surface area contributed by atoms with Gasteiger partial charge < -0.3 is 14.8 Å². The third-order valence-electron chi connectivity index (χ3n) is 4.02. The van der Waals surface area contributed by atoms with Gasteiger partial charge in [-0.25, -0.2) is 9.97 Å². The Morgan fingerprint density at radius 2 is 1.95 bits per heavy atom. The highest BCUT2D eigenvalue weighted by Crippen LogP contribution is 2.34. The Bertz CT molecular complexity index is 457. The van der Waals surface area contributed by atoms with Crippen LogP contribution in [0.3, 0.4) is 0 Å². The van der Waals surface area contributed by atoms with Gasteiger partial charge in [-0.15, -0.1) is 0 Å². The molecule has 1 N–H and O–H groups in total. The van der Waals surface area contributed by atoms with Crippen LogP contribution < -0.4 is 5.32 Å². The van der Waals surface area contributed by atoms with Crippen molar-refractivity contribution in [3.05, 3.63) is 17.1 Å². The molecule has 112 valence electrons. The summed E-state index contributed by atoms with van der Waals surface area (Å²) in [6.07, 6.45) is 2.51. The van der Waals surface area contributed by atoms with Crippen molar-refractivity contribution in [2.75, 3.05) is 32.2 Å². The first-order valence-electron chi connectivity index (χ1n) is 7.41. The van der Waals surface area contributed by atoms with Crippen LogP contribution in [0.25, 0.3) is 0 Å². The number of methoxy groups -OCH3 is 1. The Balaban J connectivity index is 2.46. The van der Waals surface area contributed by atoms with Crippen molar-refractivity contribution in [2.45, 2.75) is 45.6 Å². The fourth-order valence-electron chi connectivity index (χ4n) is 2.67. The first kappa shape index (κ1) is 15.2. The molecule has 20 heavy (non-hydrogen) atoms. The molecule has 0 aliphatic carbocycles. The Kier molecular flexibility index (Phi) is 4.94. The van der Waals surface area contributed by atoms with E-state index in [1.807, 2.05) is 0 Å². The zero-order valence-electron chi connectivity index (χ0n) is 13.0. The van der Waals surface area contributed by atoms with Crippen molar-refractivity contribution in [3.63, 3.8) is 0 Å². The number of ether oxygens (including phenoxy) is 2. The summed E-state index contributed by atoms with van der Waals surface area (Å²) < 4.78 is 11.3. The average Bonchev–Trinajstić information content (AvgIpc) is 2.50. The lowest BCUT2D eigenvalue weighted by Crippen LogP contribution is -2.38. The largest absolute Gasteiger partial charge is 0.381 e. The van der Waals surface area contributed by atoms with Crippen LogP contribution in [-0.4, -0.2) is 36.8 Å². The molecule has 1 saturated heterocycles. The quantitative estimate of drug-likeness (QED) is 0.897. The molecule has 5 heteroatoms. The Labute approximate surface area is 121 Å². The van der Waals surface area contributed by atoms with Gasteiger partial charge in [-0.05, 0) is 20.3 Å². The molecule has 1 aromatic rings. The summed E-state index contributed by atoms with van der Waals surface area (Å²) in [5.41, 5.74) is 1.82. The van der Waals surface area contributed by atoms with E-state index in [1.165, 1.54) is 0 Å². The molecule has 1 fully saturated rings. The molecular weight excluding hydrogens is 254 g/mol. The fourth-order valence-corrected chi connectivity index (χ4v) is 2.67. The maximum Gasteiger partial charge on any atom is 0.163 e. The number of aromatic nitrogens is 2. The minimum atomic E-state index is -0.403. The number of anilines is 1. The lowest BCUT2D eigenvalue weighted by molar-refractivity contribution is -0.1000. The second-order valence-corrected chi connectivity index (χ2v) is 5.16. The van der Waals surface area contributed by atoms with Crippen molar-refractivity contribution >= 4 is 5.82 Å². The van der Waals surface area contributed by atoms with Crippen LogP contribution >= 0.6 is 0 Å². The number of aryl methyl sites for hydroxylation is 1. The van der Waals surface area contributed by atoms with Crippen LogP contribution in [0.5, 0.6) is 0 Å². The van der Waals surface area contributed by atoms with E-state index in [9.17, 15) is 0 Å². The van der Waals surface area contributed by atoms with Crippen LogP contribution in [0.1, 0.15) is 43.8 Å².